The van der Waals surface area contributed by atoms with Crippen LogP contribution < -0.4 is 5.32 Å². The maximum Gasteiger partial charge on any atom is 0.336 e. The molecule has 42 heavy (non-hydrogen) atoms. The molecule has 0 bridgehead atoms. The molecule has 1 amide bonds. The predicted octanol–water partition coefficient (Wildman–Crippen LogP) is 5.48. The van der Waals surface area contributed by atoms with Gasteiger partial charge in [-0.25, -0.2) is 4.79 Å². The number of aliphatic hydroxyl groups excluding tert-OH is 1. The van der Waals surface area contributed by atoms with Gasteiger partial charge in [-0.05, 0) is 41.7 Å². The second-order valence-corrected chi connectivity index (χ2v) is 11.1. The predicted molar refractivity (Wildman–Crippen MR) is 157 cm³/mol. The Morgan fingerprint density at radius 3 is 2.19 bits per heavy atom. The zero-order chi connectivity index (χ0) is 29.9. The molecule has 1 aliphatic rings. The van der Waals surface area contributed by atoms with E-state index in [2.05, 4.69) is 5.32 Å². The fourth-order valence-electron chi connectivity index (χ4n) is 4.62. The number of aliphatic hydroxyl groups is 1. The SMILES string of the molecule is O=C(O)CCCCC(=O)NCc1ccc(C2OC(CSc3ccccc3C(=O)O)CC(c3ccc(CO)cc3)O2)cc1. The summed E-state index contributed by atoms with van der Waals surface area (Å²) >= 11 is 1.44. The van der Waals surface area contributed by atoms with Crippen molar-refractivity contribution < 1.29 is 39.2 Å². The van der Waals surface area contributed by atoms with Crippen molar-refractivity contribution in [3.8, 4) is 0 Å². The lowest BCUT2D eigenvalue weighted by molar-refractivity contribution is -0.245. The highest BCUT2D eigenvalue weighted by molar-refractivity contribution is 7.99. The Morgan fingerprint density at radius 1 is 0.833 bits per heavy atom. The van der Waals surface area contributed by atoms with E-state index >= 15 is 0 Å². The van der Waals surface area contributed by atoms with Crippen LogP contribution in [-0.4, -0.2) is 45.0 Å². The van der Waals surface area contributed by atoms with Crippen molar-refractivity contribution in [3.63, 3.8) is 0 Å². The number of hydrogen-bond acceptors (Lipinski definition) is 7. The first-order chi connectivity index (χ1) is 20.3. The fraction of sp³-hybridized carbons (Fsp3) is 0.344. The third-order valence-corrected chi connectivity index (χ3v) is 8.15. The van der Waals surface area contributed by atoms with Crippen LogP contribution in [0.3, 0.4) is 0 Å². The van der Waals surface area contributed by atoms with Crippen molar-refractivity contribution in [2.75, 3.05) is 5.75 Å². The first-order valence-electron chi connectivity index (χ1n) is 13.9. The summed E-state index contributed by atoms with van der Waals surface area (Å²) in [5.74, 6) is -1.42. The molecule has 4 N–H and O–H groups in total. The monoisotopic (exact) mass is 593 g/mol. The van der Waals surface area contributed by atoms with E-state index in [1.807, 2.05) is 54.6 Å². The Balaban J connectivity index is 1.41. The number of carboxylic acid groups (broad SMARTS) is 2. The topological polar surface area (TPSA) is 142 Å². The standard InChI is InChI=1S/C32H35NO8S/c34-19-22-11-13-23(14-12-22)27-17-25(20-42-28-6-2-1-5-26(28)31(38)39)40-32(41-27)24-15-9-21(10-16-24)18-33-29(35)7-3-4-8-30(36)37/h1-2,5-6,9-16,25,27,32,34H,3-4,7-8,17-20H2,(H,33,35)(H,36,37)(H,38,39). The molecular weight excluding hydrogens is 558 g/mol. The van der Waals surface area contributed by atoms with E-state index < -0.39 is 18.2 Å². The lowest BCUT2D eigenvalue weighted by Gasteiger charge is -2.36. The summed E-state index contributed by atoms with van der Waals surface area (Å²) in [7, 11) is 0. The quantitative estimate of drug-likeness (QED) is 0.141. The van der Waals surface area contributed by atoms with Gasteiger partial charge in [-0.2, -0.15) is 0 Å². The van der Waals surface area contributed by atoms with Gasteiger partial charge in [0.1, 0.15) is 0 Å². The Bertz CT molecular complexity index is 1350. The molecule has 1 saturated heterocycles. The Kier molecular flexibility index (Phi) is 11.5. The highest BCUT2D eigenvalue weighted by atomic mass is 32.2. The number of rotatable bonds is 14. The van der Waals surface area contributed by atoms with Crippen molar-refractivity contribution in [1.29, 1.82) is 0 Å². The van der Waals surface area contributed by atoms with Crippen LogP contribution in [0.15, 0.2) is 77.7 Å². The van der Waals surface area contributed by atoms with Crippen molar-refractivity contribution in [3.05, 3.63) is 101 Å². The number of ether oxygens (including phenoxy) is 2. The van der Waals surface area contributed by atoms with Gasteiger partial charge in [-0.15, -0.1) is 11.8 Å². The first kappa shape index (κ1) is 31.2. The number of carbonyl (C=O) groups is 3. The van der Waals surface area contributed by atoms with Crippen LogP contribution in [0.1, 0.15) is 77.1 Å². The number of benzene rings is 3. The van der Waals surface area contributed by atoms with Gasteiger partial charge >= 0.3 is 11.9 Å². The van der Waals surface area contributed by atoms with Crippen LogP contribution in [-0.2, 0) is 32.2 Å². The molecule has 0 aliphatic carbocycles. The minimum Gasteiger partial charge on any atom is -0.481 e. The zero-order valence-electron chi connectivity index (χ0n) is 23.1. The second-order valence-electron chi connectivity index (χ2n) is 10.1. The maximum absolute atomic E-state index is 12.1. The summed E-state index contributed by atoms with van der Waals surface area (Å²) in [5.41, 5.74) is 3.75. The normalized spacial score (nSPS) is 18.4. The van der Waals surface area contributed by atoms with Crippen LogP contribution in [0, 0.1) is 0 Å². The van der Waals surface area contributed by atoms with Crippen molar-refractivity contribution in [1.82, 2.24) is 5.32 Å². The molecule has 0 spiro atoms. The number of aromatic carboxylic acids is 1. The number of carbonyl (C=O) groups excluding carboxylic acids is 1. The maximum atomic E-state index is 12.1. The molecule has 3 atom stereocenters. The van der Waals surface area contributed by atoms with Gasteiger partial charge in [0, 0.05) is 42.0 Å². The smallest absolute Gasteiger partial charge is 0.336 e. The van der Waals surface area contributed by atoms with Gasteiger partial charge in [0.05, 0.1) is 24.4 Å². The molecule has 3 aromatic carbocycles. The van der Waals surface area contributed by atoms with E-state index in [0.29, 0.717) is 36.5 Å². The number of amides is 1. The fourth-order valence-corrected chi connectivity index (χ4v) is 5.68. The van der Waals surface area contributed by atoms with Gasteiger partial charge in [-0.1, -0.05) is 60.7 Å². The molecule has 9 nitrogen and oxygen atoms in total. The molecule has 0 radical (unpaired) electrons. The average Bonchev–Trinajstić information content (AvgIpc) is 3.01. The Labute approximate surface area is 248 Å². The molecule has 3 aromatic rings. The van der Waals surface area contributed by atoms with Gasteiger partial charge in [-0.3, -0.25) is 9.59 Å². The minimum atomic E-state index is -0.972. The van der Waals surface area contributed by atoms with Crippen LogP contribution in [0.4, 0.5) is 0 Å². The lowest BCUT2D eigenvalue weighted by atomic mass is 10.0. The summed E-state index contributed by atoms with van der Waals surface area (Å²) in [6.07, 6.45) is 0.772. The largest absolute Gasteiger partial charge is 0.481 e. The van der Waals surface area contributed by atoms with Crippen LogP contribution in [0.25, 0.3) is 0 Å². The minimum absolute atomic E-state index is 0.0443. The lowest BCUT2D eigenvalue weighted by Crippen LogP contribution is -2.31. The molecular formula is C32H35NO8S. The van der Waals surface area contributed by atoms with Crippen LogP contribution in [0.2, 0.25) is 0 Å². The highest BCUT2D eigenvalue weighted by Crippen LogP contribution is 2.39. The number of thioether (sulfide) groups is 1. The number of carboxylic acids is 2. The third-order valence-electron chi connectivity index (χ3n) is 6.94. The third kappa shape index (κ3) is 9.15. The molecule has 1 fully saturated rings. The number of unbranched alkanes of at least 4 members (excludes halogenated alkanes) is 1. The van der Waals surface area contributed by atoms with Crippen molar-refractivity contribution in [2.45, 2.75) is 68.6 Å². The van der Waals surface area contributed by atoms with E-state index in [-0.39, 0.29) is 43.1 Å². The van der Waals surface area contributed by atoms with Crippen molar-refractivity contribution in [2.24, 2.45) is 0 Å². The summed E-state index contributed by atoms with van der Waals surface area (Å²) < 4.78 is 12.7. The van der Waals surface area contributed by atoms with Gasteiger partial charge in [0.15, 0.2) is 6.29 Å². The van der Waals surface area contributed by atoms with E-state index in [4.69, 9.17) is 14.6 Å². The molecule has 1 aliphatic heterocycles. The van der Waals surface area contributed by atoms with E-state index in [9.17, 15) is 24.6 Å². The van der Waals surface area contributed by atoms with Gasteiger partial charge < -0.3 is 30.1 Å². The van der Waals surface area contributed by atoms with Crippen molar-refractivity contribution >= 4 is 29.6 Å². The van der Waals surface area contributed by atoms with E-state index in [1.165, 1.54) is 11.8 Å². The molecule has 0 saturated carbocycles. The second kappa shape index (κ2) is 15.5. The number of nitrogens with one attached hydrogen (secondary N) is 1. The highest BCUT2D eigenvalue weighted by Gasteiger charge is 2.32. The summed E-state index contributed by atoms with van der Waals surface area (Å²) in [4.78, 5) is 35.0. The van der Waals surface area contributed by atoms with Crippen LogP contribution >= 0.6 is 11.8 Å². The Morgan fingerprint density at radius 2 is 1.50 bits per heavy atom. The van der Waals surface area contributed by atoms with E-state index in [1.54, 1.807) is 18.2 Å². The molecule has 4 rings (SSSR count). The molecule has 1 heterocycles. The molecule has 3 unspecified atom stereocenters. The van der Waals surface area contributed by atoms with E-state index in [0.717, 1.165) is 22.3 Å². The first-order valence-corrected chi connectivity index (χ1v) is 14.8. The number of hydrogen-bond donors (Lipinski definition) is 4. The molecule has 10 heteroatoms. The van der Waals surface area contributed by atoms with Gasteiger partial charge in [0.25, 0.3) is 0 Å². The Hall–Kier alpha value is -3.70. The summed E-state index contributed by atoms with van der Waals surface area (Å²) in [6, 6.07) is 22.1. The van der Waals surface area contributed by atoms with Crippen LogP contribution in [0.5, 0.6) is 0 Å². The van der Waals surface area contributed by atoms with Gasteiger partial charge in [0.2, 0.25) is 5.91 Å². The molecule has 222 valence electrons. The number of aliphatic carboxylic acids is 1. The molecule has 0 aromatic heterocycles. The zero-order valence-corrected chi connectivity index (χ0v) is 23.9. The average molecular weight is 594 g/mol. The summed E-state index contributed by atoms with van der Waals surface area (Å²) in [6.45, 7) is 0.309. The summed E-state index contributed by atoms with van der Waals surface area (Å²) in [5, 5.41) is 30.6.